The van der Waals surface area contributed by atoms with E-state index in [1.54, 1.807) is 0 Å². The lowest BCUT2D eigenvalue weighted by atomic mass is 9.68. The normalized spacial score (nSPS) is 48.5. The van der Waals surface area contributed by atoms with Crippen LogP contribution in [0.5, 0.6) is 0 Å². The molecule has 0 aromatic carbocycles. The molecular weight excluding hydrogens is 136 g/mol. The highest BCUT2D eigenvalue weighted by Crippen LogP contribution is 2.46. The van der Waals surface area contributed by atoms with Crippen molar-refractivity contribution < 1.29 is 4.74 Å². The number of hydrogen-bond donors (Lipinski definition) is 0. The number of allylic oxidation sites excluding steroid dienone is 1. The molecule has 0 radical (unpaired) electrons. The molecule has 1 aliphatic heterocycles. The summed E-state index contributed by atoms with van der Waals surface area (Å²) in [4.78, 5) is 0. The van der Waals surface area contributed by atoms with E-state index in [9.17, 15) is 0 Å². The van der Waals surface area contributed by atoms with Gasteiger partial charge in [0.05, 0.1) is 6.26 Å². The molecule has 2 aliphatic rings. The van der Waals surface area contributed by atoms with E-state index in [0.29, 0.717) is 5.41 Å². The molecule has 0 spiro atoms. The molecule has 2 bridgehead atoms. The zero-order chi connectivity index (χ0) is 7.95. The Bertz CT molecular complexity index is 197. The number of fused-ring (bicyclic) bond motifs is 2. The second-order valence-electron chi connectivity index (χ2n) is 4.55. The topological polar surface area (TPSA) is 9.23 Å². The summed E-state index contributed by atoms with van der Waals surface area (Å²) >= 11 is 0. The molecule has 2 unspecified atom stereocenters. The lowest BCUT2D eigenvalue weighted by Gasteiger charge is -2.45. The van der Waals surface area contributed by atoms with Crippen LogP contribution in [0.25, 0.3) is 0 Å². The molecular formula is C10H16O. The standard InChI is InChI=1S/C10H16O/c1-9-4-3-5-10(2,8-9)11-7-6-9/h6-7H,3-5,8H2,1-2H3. The summed E-state index contributed by atoms with van der Waals surface area (Å²) in [6.07, 6.45) is 9.22. The van der Waals surface area contributed by atoms with Crippen LogP contribution >= 0.6 is 0 Å². The molecule has 0 aromatic rings. The van der Waals surface area contributed by atoms with E-state index in [1.807, 2.05) is 6.26 Å². The summed E-state index contributed by atoms with van der Waals surface area (Å²) in [7, 11) is 0. The van der Waals surface area contributed by atoms with Crippen LogP contribution in [0.15, 0.2) is 12.3 Å². The van der Waals surface area contributed by atoms with Crippen molar-refractivity contribution in [3.8, 4) is 0 Å². The maximum Gasteiger partial charge on any atom is 0.106 e. The molecule has 1 heteroatoms. The van der Waals surface area contributed by atoms with E-state index in [4.69, 9.17) is 4.74 Å². The predicted octanol–water partition coefficient (Wildman–Crippen LogP) is 2.87. The van der Waals surface area contributed by atoms with E-state index in [0.717, 1.165) is 0 Å². The molecule has 1 fully saturated rings. The van der Waals surface area contributed by atoms with Gasteiger partial charge in [-0.15, -0.1) is 0 Å². The second kappa shape index (κ2) is 2.02. The molecule has 0 aromatic heterocycles. The van der Waals surface area contributed by atoms with Gasteiger partial charge in [0, 0.05) is 0 Å². The largest absolute Gasteiger partial charge is 0.495 e. The molecule has 2 rings (SSSR count). The average molecular weight is 152 g/mol. The lowest BCUT2D eigenvalue weighted by molar-refractivity contribution is -0.0463. The van der Waals surface area contributed by atoms with Crippen LogP contribution < -0.4 is 0 Å². The van der Waals surface area contributed by atoms with Gasteiger partial charge in [0.25, 0.3) is 0 Å². The fourth-order valence-electron chi connectivity index (χ4n) is 2.50. The van der Waals surface area contributed by atoms with Crippen LogP contribution in [0.4, 0.5) is 0 Å². The van der Waals surface area contributed by atoms with E-state index < -0.39 is 0 Å². The zero-order valence-electron chi connectivity index (χ0n) is 7.39. The van der Waals surface area contributed by atoms with Gasteiger partial charge in [-0.2, -0.15) is 0 Å². The van der Waals surface area contributed by atoms with Crippen molar-refractivity contribution in [2.45, 2.75) is 45.1 Å². The van der Waals surface area contributed by atoms with Gasteiger partial charge < -0.3 is 4.74 Å². The summed E-state index contributed by atoms with van der Waals surface area (Å²) in [5, 5.41) is 0. The zero-order valence-corrected chi connectivity index (χ0v) is 7.39. The molecule has 1 aliphatic carbocycles. The summed E-state index contributed by atoms with van der Waals surface area (Å²) in [5.74, 6) is 0. The van der Waals surface area contributed by atoms with Gasteiger partial charge in [0.15, 0.2) is 0 Å². The van der Waals surface area contributed by atoms with E-state index in [2.05, 4.69) is 19.9 Å². The van der Waals surface area contributed by atoms with Gasteiger partial charge in [-0.1, -0.05) is 6.92 Å². The smallest absolute Gasteiger partial charge is 0.106 e. The molecule has 1 saturated carbocycles. The van der Waals surface area contributed by atoms with Crippen molar-refractivity contribution in [3.63, 3.8) is 0 Å². The average Bonchev–Trinajstić information content (AvgIpc) is 1.83. The maximum atomic E-state index is 5.62. The third-order valence-electron chi connectivity index (χ3n) is 3.05. The highest BCUT2D eigenvalue weighted by molar-refractivity contribution is 5.06. The molecule has 62 valence electrons. The van der Waals surface area contributed by atoms with E-state index >= 15 is 0 Å². The Morgan fingerprint density at radius 2 is 2.09 bits per heavy atom. The minimum atomic E-state index is 0.155. The monoisotopic (exact) mass is 152 g/mol. The summed E-state index contributed by atoms with van der Waals surface area (Å²) in [6, 6.07) is 0. The SMILES string of the molecule is CC12C=COC(C)(CCC1)C2. The molecule has 0 N–H and O–H groups in total. The summed E-state index contributed by atoms with van der Waals surface area (Å²) in [5.41, 5.74) is 0.590. The van der Waals surface area contributed by atoms with Crippen molar-refractivity contribution >= 4 is 0 Å². The maximum absolute atomic E-state index is 5.62. The van der Waals surface area contributed by atoms with Gasteiger partial charge in [0.2, 0.25) is 0 Å². The van der Waals surface area contributed by atoms with Crippen LogP contribution in [0, 0.1) is 5.41 Å². The second-order valence-corrected chi connectivity index (χ2v) is 4.55. The first-order valence-electron chi connectivity index (χ1n) is 4.48. The minimum absolute atomic E-state index is 0.155. The van der Waals surface area contributed by atoms with E-state index in [-0.39, 0.29) is 5.60 Å². The number of hydrogen-bond acceptors (Lipinski definition) is 1. The van der Waals surface area contributed by atoms with Crippen molar-refractivity contribution in [1.82, 2.24) is 0 Å². The van der Waals surface area contributed by atoms with E-state index in [1.165, 1.54) is 25.7 Å². The Labute approximate surface area is 68.4 Å². The molecule has 1 nitrogen and oxygen atoms in total. The van der Waals surface area contributed by atoms with Crippen LogP contribution in [-0.2, 0) is 4.74 Å². The van der Waals surface area contributed by atoms with Crippen molar-refractivity contribution in [3.05, 3.63) is 12.3 Å². The van der Waals surface area contributed by atoms with Gasteiger partial charge in [-0.25, -0.2) is 0 Å². The third kappa shape index (κ3) is 1.17. The summed E-state index contributed by atoms with van der Waals surface area (Å²) < 4.78 is 5.62. The Hall–Kier alpha value is -0.460. The molecule has 11 heavy (non-hydrogen) atoms. The first-order valence-corrected chi connectivity index (χ1v) is 4.48. The number of ether oxygens (including phenoxy) is 1. The lowest BCUT2D eigenvalue weighted by Crippen LogP contribution is -2.40. The molecule has 1 heterocycles. The Morgan fingerprint density at radius 1 is 1.27 bits per heavy atom. The summed E-state index contributed by atoms with van der Waals surface area (Å²) in [6.45, 7) is 4.57. The van der Waals surface area contributed by atoms with Gasteiger partial charge in [0.1, 0.15) is 5.60 Å². The third-order valence-corrected chi connectivity index (χ3v) is 3.05. The first-order chi connectivity index (χ1) is 5.12. The van der Waals surface area contributed by atoms with Crippen LogP contribution in [0.3, 0.4) is 0 Å². The van der Waals surface area contributed by atoms with Gasteiger partial charge in [-0.3, -0.25) is 0 Å². The van der Waals surface area contributed by atoms with Gasteiger partial charge in [-0.05, 0) is 44.1 Å². The molecule has 2 atom stereocenters. The van der Waals surface area contributed by atoms with Crippen LogP contribution in [0.2, 0.25) is 0 Å². The fraction of sp³-hybridized carbons (Fsp3) is 0.800. The highest BCUT2D eigenvalue weighted by Gasteiger charge is 2.41. The highest BCUT2D eigenvalue weighted by atomic mass is 16.5. The van der Waals surface area contributed by atoms with Crippen LogP contribution in [0.1, 0.15) is 39.5 Å². The van der Waals surface area contributed by atoms with Crippen molar-refractivity contribution in [1.29, 1.82) is 0 Å². The number of rotatable bonds is 0. The fourth-order valence-corrected chi connectivity index (χ4v) is 2.50. The van der Waals surface area contributed by atoms with Gasteiger partial charge >= 0.3 is 0 Å². The van der Waals surface area contributed by atoms with Crippen molar-refractivity contribution in [2.75, 3.05) is 0 Å². The molecule has 0 saturated heterocycles. The molecule has 0 amide bonds. The minimum Gasteiger partial charge on any atom is -0.495 e. The Morgan fingerprint density at radius 3 is 2.73 bits per heavy atom. The quantitative estimate of drug-likeness (QED) is 0.518. The Balaban J connectivity index is 2.27. The Kier molecular flexibility index (Phi) is 1.33. The predicted molar refractivity (Wildman–Crippen MR) is 45.2 cm³/mol. The van der Waals surface area contributed by atoms with Crippen LogP contribution in [-0.4, -0.2) is 5.60 Å². The first kappa shape index (κ1) is 7.20. The van der Waals surface area contributed by atoms with Crippen molar-refractivity contribution in [2.24, 2.45) is 5.41 Å².